The van der Waals surface area contributed by atoms with Crippen LogP contribution in [0.25, 0.3) is 0 Å². The number of rotatable bonds is 3. The summed E-state index contributed by atoms with van der Waals surface area (Å²) in [4.78, 5) is 0. The molecule has 3 nitrogen and oxygen atoms in total. The fourth-order valence-electron chi connectivity index (χ4n) is 1.80. The van der Waals surface area contributed by atoms with Gasteiger partial charge >= 0.3 is 0 Å². The second kappa shape index (κ2) is 4.78. The third-order valence-corrected chi connectivity index (χ3v) is 2.74. The summed E-state index contributed by atoms with van der Waals surface area (Å²) in [5.74, 6) is 0. The van der Waals surface area contributed by atoms with Gasteiger partial charge in [-0.2, -0.15) is 0 Å². The van der Waals surface area contributed by atoms with E-state index in [1.54, 1.807) is 0 Å². The number of nitrogen functional groups attached to an aromatic ring is 2. The molecule has 2 aromatic carbocycles. The van der Waals surface area contributed by atoms with Gasteiger partial charge in [0.15, 0.2) is 0 Å². The topological polar surface area (TPSA) is 64.1 Å². The van der Waals surface area contributed by atoms with E-state index in [1.807, 2.05) is 42.5 Å². The summed E-state index contributed by atoms with van der Waals surface area (Å²) in [6, 6.07) is 13.6. The second-order valence-corrected chi connectivity index (χ2v) is 3.98. The van der Waals surface area contributed by atoms with Gasteiger partial charge in [-0.05, 0) is 36.2 Å². The minimum atomic E-state index is 0.736. The highest BCUT2D eigenvalue weighted by atomic mass is 14.9. The quantitative estimate of drug-likeness (QED) is 0.706. The number of hydrogen-bond donors (Lipinski definition) is 3. The lowest BCUT2D eigenvalue weighted by atomic mass is 10.1. The van der Waals surface area contributed by atoms with Crippen LogP contribution in [0.3, 0.4) is 0 Å². The van der Waals surface area contributed by atoms with E-state index in [0.29, 0.717) is 0 Å². The van der Waals surface area contributed by atoms with Crippen LogP contribution in [0.1, 0.15) is 12.5 Å². The van der Waals surface area contributed by atoms with Crippen LogP contribution in [0.4, 0.5) is 22.7 Å². The zero-order valence-electron chi connectivity index (χ0n) is 9.90. The molecule has 0 atom stereocenters. The Morgan fingerprint density at radius 1 is 1.06 bits per heavy atom. The summed E-state index contributed by atoms with van der Waals surface area (Å²) in [6.45, 7) is 2.09. The van der Waals surface area contributed by atoms with Gasteiger partial charge < -0.3 is 16.8 Å². The standard InChI is InChI=1S/C14H17N3/c1-2-10-5-3-8-13(14(10)16)17-12-7-4-6-11(15)9-12/h3-9,17H,2,15-16H2,1H3. The molecular weight excluding hydrogens is 210 g/mol. The van der Waals surface area contributed by atoms with E-state index < -0.39 is 0 Å². The van der Waals surface area contributed by atoms with Crippen LogP contribution < -0.4 is 16.8 Å². The van der Waals surface area contributed by atoms with Crippen LogP contribution in [0.2, 0.25) is 0 Å². The Labute approximate surface area is 101 Å². The largest absolute Gasteiger partial charge is 0.399 e. The predicted molar refractivity (Wildman–Crippen MR) is 74.4 cm³/mol. The van der Waals surface area contributed by atoms with E-state index in [1.165, 1.54) is 0 Å². The van der Waals surface area contributed by atoms with Crippen LogP contribution in [-0.2, 0) is 6.42 Å². The first-order valence-electron chi connectivity index (χ1n) is 5.70. The molecule has 0 heterocycles. The first-order chi connectivity index (χ1) is 8.20. The fraction of sp³-hybridized carbons (Fsp3) is 0.143. The summed E-state index contributed by atoms with van der Waals surface area (Å²) in [5.41, 5.74) is 16.4. The molecule has 0 amide bonds. The van der Waals surface area contributed by atoms with Gasteiger partial charge in [0, 0.05) is 11.4 Å². The van der Waals surface area contributed by atoms with E-state index in [9.17, 15) is 0 Å². The molecule has 0 radical (unpaired) electrons. The lowest BCUT2D eigenvalue weighted by Crippen LogP contribution is -2.00. The molecule has 0 fully saturated rings. The van der Waals surface area contributed by atoms with Crippen molar-refractivity contribution in [1.29, 1.82) is 0 Å². The summed E-state index contributed by atoms with van der Waals surface area (Å²) in [6.07, 6.45) is 0.929. The highest BCUT2D eigenvalue weighted by molar-refractivity contribution is 5.76. The number of anilines is 4. The maximum Gasteiger partial charge on any atom is 0.0620 e. The number of para-hydroxylation sites is 1. The van der Waals surface area contributed by atoms with Gasteiger partial charge in [-0.1, -0.05) is 25.1 Å². The number of nitrogens with one attached hydrogen (secondary N) is 1. The lowest BCUT2D eigenvalue weighted by molar-refractivity contribution is 1.14. The van der Waals surface area contributed by atoms with Crippen LogP contribution in [0.5, 0.6) is 0 Å². The van der Waals surface area contributed by atoms with E-state index in [0.717, 1.165) is 34.7 Å². The number of hydrogen-bond acceptors (Lipinski definition) is 3. The molecule has 0 aliphatic rings. The third-order valence-electron chi connectivity index (χ3n) is 2.74. The Hall–Kier alpha value is -2.16. The van der Waals surface area contributed by atoms with Crippen LogP contribution in [0, 0.1) is 0 Å². The molecule has 2 aromatic rings. The van der Waals surface area contributed by atoms with E-state index >= 15 is 0 Å². The van der Waals surface area contributed by atoms with E-state index in [4.69, 9.17) is 11.5 Å². The molecule has 5 N–H and O–H groups in total. The summed E-state index contributed by atoms with van der Waals surface area (Å²) < 4.78 is 0. The average molecular weight is 227 g/mol. The van der Waals surface area contributed by atoms with Crippen molar-refractivity contribution in [2.24, 2.45) is 0 Å². The molecule has 0 aromatic heterocycles. The molecule has 0 saturated carbocycles. The minimum absolute atomic E-state index is 0.736. The van der Waals surface area contributed by atoms with Crippen molar-refractivity contribution in [2.45, 2.75) is 13.3 Å². The Kier molecular flexibility index (Phi) is 3.19. The molecule has 88 valence electrons. The van der Waals surface area contributed by atoms with Gasteiger partial charge in [0.2, 0.25) is 0 Å². The van der Waals surface area contributed by atoms with Crippen molar-refractivity contribution in [2.75, 3.05) is 16.8 Å². The van der Waals surface area contributed by atoms with Gasteiger partial charge in [-0.25, -0.2) is 0 Å². The van der Waals surface area contributed by atoms with Gasteiger partial charge in [0.05, 0.1) is 11.4 Å². The van der Waals surface area contributed by atoms with Crippen molar-refractivity contribution in [3.63, 3.8) is 0 Å². The van der Waals surface area contributed by atoms with Crippen molar-refractivity contribution in [1.82, 2.24) is 0 Å². The Morgan fingerprint density at radius 2 is 1.82 bits per heavy atom. The SMILES string of the molecule is CCc1cccc(Nc2cccc(N)c2)c1N. The van der Waals surface area contributed by atoms with Crippen LogP contribution >= 0.6 is 0 Å². The molecule has 17 heavy (non-hydrogen) atoms. The Balaban J connectivity index is 2.30. The van der Waals surface area contributed by atoms with Crippen molar-refractivity contribution in [3.05, 3.63) is 48.0 Å². The van der Waals surface area contributed by atoms with Gasteiger partial charge in [-0.15, -0.1) is 0 Å². The van der Waals surface area contributed by atoms with E-state index in [2.05, 4.69) is 12.2 Å². The molecule has 0 unspecified atom stereocenters. The van der Waals surface area contributed by atoms with Crippen molar-refractivity contribution < 1.29 is 0 Å². The first-order valence-corrected chi connectivity index (χ1v) is 5.70. The van der Waals surface area contributed by atoms with Gasteiger partial charge in [0.1, 0.15) is 0 Å². The maximum atomic E-state index is 6.09. The smallest absolute Gasteiger partial charge is 0.0620 e. The summed E-state index contributed by atoms with van der Waals surface area (Å²) in [7, 11) is 0. The normalized spacial score (nSPS) is 10.2. The average Bonchev–Trinajstić information content (AvgIpc) is 2.32. The fourth-order valence-corrected chi connectivity index (χ4v) is 1.80. The zero-order valence-corrected chi connectivity index (χ0v) is 9.90. The molecular formula is C14H17N3. The number of benzene rings is 2. The lowest BCUT2D eigenvalue weighted by Gasteiger charge is -2.12. The van der Waals surface area contributed by atoms with Gasteiger partial charge in [-0.3, -0.25) is 0 Å². The summed E-state index contributed by atoms with van der Waals surface area (Å²) >= 11 is 0. The highest BCUT2D eigenvalue weighted by Crippen LogP contribution is 2.27. The molecule has 3 heteroatoms. The summed E-state index contributed by atoms with van der Waals surface area (Å²) in [5, 5.41) is 3.28. The minimum Gasteiger partial charge on any atom is -0.399 e. The van der Waals surface area contributed by atoms with Crippen LogP contribution in [-0.4, -0.2) is 0 Å². The first kappa shape index (κ1) is 11.3. The molecule has 0 aliphatic carbocycles. The monoisotopic (exact) mass is 227 g/mol. The molecule has 0 aliphatic heterocycles. The van der Waals surface area contributed by atoms with Crippen LogP contribution in [0.15, 0.2) is 42.5 Å². The maximum absolute atomic E-state index is 6.09. The number of nitrogens with two attached hydrogens (primary N) is 2. The highest BCUT2D eigenvalue weighted by Gasteiger charge is 2.03. The zero-order chi connectivity index (χ0) is 12.3. The third kappa shape index (κ3) is 2.50. The van der Waals surface area contributed by atoms with E-state index in [-0.39, 0.29) is 0 Å². The molecule has 0 spiro atoms. The Morgan fingerprint density at radius 3 is 2.53 bits per heavy atom. The second-order valence-electron chi connectivity index (χ2n) is 3.98. The van der Waals surface area contributed by atoms with Gasteiger partial charge in [0.25, 0.3) is 0 Å². The number of aryl methyl sites for hydroxylation is 1. The predicted octanol–water partition coefficient (Wildman–Crippen LogP) is 3.16. The van der Waals surface area contributed by atoms with Crippen molar-refractivity contribution >= 4 is 22.7 Å². The van der Waals surface area contributed by atoms with Crippen molar-refractivity contribution in [3.8, 4) is 0 Å². The molecule has 0 bridgehead atoms. The Bertz CT molecular complexity index is 521. The molecule has 0 saturated heterocycles. The molecule has 2 rings (SSSR count).